The van der Waals surface area contributed by atoms with Gasteiger partial charge in [0.2, 0.25) is 5.91 Å². The van der Waals surface area contributed by atoms with E-state index in [0.29, 0.717) is 36.9 Å². The average Bonchev–Trinajstić information content (AvgIpc) is 3.21. The first-order valence-electron chi connectivity index (χ1n) is 8.24. The number of nitro groups is 1. The minimum Gasteiger partial charge on any atom is -0.459 e. The van der Waals surface area contributed by atoms with Crippen molar-refractivity contribution in [1.29, 1.82) is 0 Å². The maximum Gasteiger partial charge on any atom is 0.294 e. The van der Waals surface area contributed by atoms with Crippen LogP contribution in [0.1, 0.15) is 10.6 Å². The summed E-state index contributed by atoms with van der Waals surface area (Å²) in [4.78, 5) is 38.3. The molecule has 2 amide bonds. The van der Waals surface area contributed by atoms with Gasteiger partial charge in [0.15, 0.2) is 5.76 Å². The van der Waals surface area contributed by atoms with Gasteiger partial charge in [0, 0.05) is 37.3 Å². The number of nitro benzene ring substituents is 1. The zero-order valence-corrected chi connectivity index (χ0v) is 15.0. The number of halogens is 1. The third kappa shape index (κ3) is 4.37. The van der Waals surface area contributed by atoms with Gasteiger partial charge in [0.05, 0.1) is 17.7 Å². The molecule has 1 N–H and O–H groups in total. The second-order valence-corrected chi connectivity index (χ2v) is 6.35. The predicted octanol–water partition coefficient (Wildman–Crippen LogP) is 1.92. The lowest BCUT2D eigenvalue weighted by Crippen LogP contribution is -2.51. The standard InChI is InChI=1S/C17H17ClN4O5/c18-12-3-4-13(14(10-12)22(25)26)20-5-7-21(8-6-20)16(23)11-19-17(24)15-2-1-9-27-15/h1-4,9-10H,5-8,11H2,(H,19,24). The van der Waals surface area contributed by atoms with Crippen molar-refractivity contribution in [3.05, 3.63) is 57.5 Å². The molecule has 0 spiro atoms. The van der Waals surface area contributed by atoms with Crippen LogP contribution in [0.25, 0.3) is 0 Å². The number of piperazine rings is 1. The molecule has 3 rings (SSSR count). The molecule has 10 heteroatoms. The highest BCUT2D eigenvalue weighted by molar-refractivity contribution is 6.30. The molecule has 0 atom stereocenters. The maximum absolute atomic E-state index is 12.3. The van der Waals surface area contributed by atoms with Gasteiger partial charge in [-0.1, -0.05) is 11.6 Å². The summed E-state index contributed by atoms with van der Waals surface area (Å²) >= 11 is 5.84. The molecule has 142 valence electrons. The second kappa shape index (κ2) is 8.09. The van der Waals surface area contributed by atoms with E-state index in [4.69, 9.17) is 16.0 Å². The van der Waals surface area contributed by atoms with Gasteiger partial charge >= 0.3 is 0 Å². The van der Waals surface area contributed by atoms with E-state index in [1.54, 1.807) is 23.1 Å². The van der Waals surface area contributed by atoms with E-state index in [9.17, 15) is 19.7 Å². The van der Waals surface area contributed by atoms with Gasteiger partial charge in [-0.2, -0.15) is 0 Å². The summed E-state index contributed by atoms with van der Waals surface area (Å²) in [5, 5.41) is 14.1. The Morgan fingerprint density at radius 3 is 2.59 bits per heavy atom. The fraction of sp³-hybridized carbons (Fsp3) is 0.294. The van der Waals surface area contributed by atoms with Gasteiger partial charge in [0.1, 0.15) is 5.69 Å². The van der Waals surface area contributed by atoms with Crippen molar-refractivity contribution < 1.29 is 18.9 Å². The number of carbonyl (C=O) groups excluding carboxylic acids is 2. The maximum atomic E-state index is 12.3. The number of hydrogen-bond acceptors (Lipinski definition) is 6. The molecule has 1 aliphatic rings. The number of nitrogens with zero attached hydrogens (tertiary/aromatic N) is 3. The quantitative estimate of drug-likeness (QED) is 0.615. The first-order valence-corrected chi connectivity index (χ1v) is 8.62. The molecule has 0 aliphatic carbocycles. The highest BCUT2D eigenvalue weighted by atomic mass is 35.5. The van der Waals surface area contributed by atoms with Crippen molar-refractivity contribution in [3.8, 4) is 0 Å². The molecular weight excluding hydrogens is 376 g/mol. The van der Waals surface area contributed by atoms with Crippen molar-refractivity contribution in [1.82, 2.24) is 10.2 Å². The number of hydrogen-bond donors (Lipinski definition) is 1. The number of furan rings is 1. The van der Waals surface area contributed by atoms with Gasteiger partial charge in [-0.3, -0.25) is 19.7 Å². The highest BCUT2D eigenvalue weighted by Gasteiger charge is 2.26. The Morgan fingerprint density at radius 2 is 1.96 bits per heavy atom. The first kappa shape index (κ1) is 18.7. The molecule has 1 aliphatic heterocycles. The molecule has 9 nitrogen and oxygen atoms in total. The van der Waals surface area contributed by atoms with Crippen LogP contribution in [0.5, 0.6) is 0 Å². The molecule has 0 bridgehead atoms. The minimum absolute atomic E-state index is 0.0620. The normalized spacial score (nSPS) is 14.1. The van der Waals surface area contributed by atoms with E-state index in [0.717, 1.165) is 0 Å². The number of anilines is 1. The third-order valence-corrected chi connectivity index (χ3v) is 4.49. The van der Waals surface area contributed by atoms with E-state index in [1.807, 2.05) is 4.90 Å². The van der Waals surface area contributed by atoms with Crippen LogP contribution in [0.4, 0.5) is 11.4 Å². The van der Waals surface area contributed by atoms with E-state index in [1.165, 1.54) is 18.4 Å². The van der Waals surface area contributed by atoms with Crippen LogP contribution in [0.2, 0.25) is 5.02 Å². The monoisotopic (exact) mass is 392 g/mol. The number of nitrogens with one attached hydrogen (secondary N) is 1. The van der Waals surface area contributed by atoms with E-state index >= 15 is 0 Å². The lowest BCUT2D eigenvalue weighted by molar-refractivity contribution is -0.384. The molecule has 2 aromatic rings. The lowest BCUT2D eigenvalue weighted by atomic mass is 10.2. The molecule has 0 radical (unpaired) electrons. The first-order chi connectivity index (χ1) is 13.0. The summed E-state index contributed by atoms with van der Waals surface area (Å²) in [5.74, 6) is -0.536. The molecular formula is C17H17ClN4O5. The fourth-order valence-electron chi connectivity index (χ4n) is 2.87. The lowest BCUT2D eigenvalue weighted by Gasteiger charge is -2.35. The van der Waals surface area contributed by atoms with Gasteiger partial charge < -0.3 is 19.5 Å². The van der Waals surface area contributed by atoms with Gasteiger partial charge in [0.25, 0.3) is 11.6 Å². The summed E-state index contributed by atoms with van der Waals surface area (Å²) in [6.45, 7) is 1.55. The summed E-state index contributed by atoms with van der Waals surface area (Å²) in [6, 6.07) is 7.63. The molecule has 1 saturated heterocycles. The Kier molecular flexibility index (Phi) is 5.60. The van der Waals surface area contributed by atoms with Crippen LogP contribution in [0, 0.1) is 10.1 Å². The average molecular weight is 393 g/mol. The molecule has 1 aromatic heterocycles. The Balaban J connectivity index is 1.55. The number of rotatable bonds is 5. The van der Waals surface area contributed by atoms with Crippen LogP contribution in [0.15, 0.2) is 41.0 Å². The SMILES string of the molecule is O=C(NCC(=O)N1CCN(c2ccc(Cl)cc2[N+](=O)[O-])CC1)c1ccco1. The largest absolute Gasteiger partial charge is 0.459 e. The van der Waals surface area contributed by atoms with Gasteiger partial charge in [-0.25, -0.2) is 0 Å². The number of amides is 2. The van der Waals surface area contributed by atoms with Crippen LogP contribution < -0.4 is 10.2 Å². The summed E-state index contributed by atoms with van der Waals surface area (Å²) < 4.78 is 4.97. The summed E-state index contributed by atoms with van der Waals surface area (Å²) in [6.07, 6.45) is 1.38. The van der Waals surface area contributed by atoms with E-state index in [-0.39, 0.29) is 23.9 Å². The Morgan fingerprint density at radius 1 is 1.22 bits per heavy atom. The van der Waals surface area contributed by atoms with E-state index in [2.05, 4.69) is 5.32 Å². The van der Waals surface area contributed by atoms with E-state index < -0.39 is 10.8 Å². The predicted molar refractivity (Wildman–Crippen MR) is 97.9 cm³/mol. The van der Waals surface area contributed by atoms with Crippen LogP contribution in [-0.2, 0) is 4.79 Å². The minimum atomic E-state index is -0.469. The Labute approximate surface area is 159 Å². The zero-order chi connectivity index (χ0) is 19.4. The second-order valence-electron chi connectivity index (χ2n) is 5.92. The highest BCUT2D eigenvalue weighted by Crippen LogP contribution is 2.31. The van der Waals surface area contributed by atoms with Crippen molar-refractivity contribution in [2.45, 2.75) is 0 Å². The Hall–Kier alpha value is -3.07. The summed E-state index contributed by atoms with van der Waals surface area (Å²) in [5.41, 5.74) is 0.413. The van der Waals surface area contributed by atoms with Crippen LogP contribution in [-0.4, -0.2) is 54.4 Å². The molecule has 2 heterocycles. The molecule has 1 aromatic carbocycles. The fourth-order valence-corrected chi connectivity index (χ4v) is 3.04. The molecule has 1 fully saturated rings. The van der Waals surface area contributed by atoms with Crippen molar-refractivity contribution in [2.75, 3.05) is 37.6 Å². The summed E-state index contributed by atoms with van der Waals surface area (Å²) in [7, 11) is 0. The smallest absolute Gasteiger partial charge is 0.294 e. The van der Waals surface area contributed by atoms with Gasteiger partial charge in [-0.05, 0) is 24.3 Å². The van der Waals surface area contributed by atoms with Crippen molar-refractivity contribution in [2.24, 2.45) is 0 Å². The topological polar surface area (TPSA) is 109 Å². The third-order valence-electron chi connectivity index (χ3n) is 4.25. The number of benzene rings is 1. The number of carbonyl (C=O) groups is 2. The molecule has 0 saturated carbocycles. The molecule has 0 unspecified atom stereocenters. The Bertz CT molecular complexity index is 847. The van der Waals surface area contributed by atoms with Crippen LogP contribution in [0.3, 0.4) is 0 Å². The molecule has 27 heavy (non-hydrogen) atoms. The van der Waals surface area contributed by atoms with Crippen LogP contribution >= 0.6 is 11.6 Å². The van der Waals surface area contributed by atoms with Crippen molar-refractivity contribution >= 4 is 34.8 Å². The van der Waals surface area contributed by atoms with Gasteiger partial charge in [-0.15, -0.1) is 0 Å². The van der Waals surface area contributed by atoms with Crippen molar-refractivity contribution in [3.63, 3.8) is 0 Å². The zero-order valence-electron chi connectivity index (χ0n) is 14.3.